The summed E-state index contributed by atoms with van der Waals surface area (Å²) in [5.41, 5.74) is 0. The molecule has 0 saturated heterocycles. The molecule has 1 unspecified atom stereocenters. The lowest BCUT2D eigenvalue weighted by atomic mass is 10.3. The van der Waals surface area contributed by atoms with Crippen LogP contribution in [0, 0.1) is 0 Å². The third-order valence-corrected chi connectivity index (χ3v) is 1.70. The number of carbonyl (C=O) groups is 1. The Labute approximate surface area is 91.6 Å². The van der Waals surface area contributed by atoms with Crippen molar-refractivity contribution in [3.8, 4) is 0 Å². The van der Waals surface area contributed by atoms with Crippen LogP contribution in [-0.4, -0.2) is 62.0 Å². The topological polar surface area (TPSA) is 64.6 Å². The van der Waals surface area contributed by atoms with Crippen molar-refractivity contribution in [1.82, 2.24) is 15.5 Å². The number of aliphatic hydroxyl groups is 1. The Morgan fingerprint density at radius 1 is 1.38 bits per heavy atom. The van der Waals surface area contributed by atoms with Crippen molar-refractivity contribution in [2.75, 3.05) is 33.7 Å². The molecule has 0 aromatic heterocycles. The molecule has 0 saturated carbocycles. The number of halogens is 3. The highest BCUT2D eigenvalue weighted by Gasteiger charge is 2.37. The van der Waals surface area contributed by atoms with Gasteiger partial charge in [-0.1, -0.05) is 0 Å². The Kier molecular flexibility index (Phi) is 6.12. The predicted octanol–water partition coefficient (Wildman–Crippen LogP) is -0.230. The molecule has 0 aliphatic carbocycles. The molecular formula is C8H16F3N3O2. The number of hydrogen-bond acceptors (Lipinski definition) is 3. The highest BCUT2D eigenvalue weighted by molar-refractivity contribution is 5.73. The summed E-state index contributed by atoms with van der Waals surface area (Å²) in [4.78, 5) is 12.3. The van der Waals surface area contributed by atoms with Crippen LogP contribution < -0.4 is 10.6 Å². The fourth-order valence-electron chi connectivity index (χ4n) is 0.770. The van der Waals surface area contributed by atoms with E-state index in [0.717, 1.165) is 0 Å². The summed E-state index contributed by atoms with van der Waals surface area (Å²) in [6.07, 6.45) is -6.99. The van der Waals surface area contributed by atoms with Crippen molar-refractivity contribution < 1.29 is 23.1 Å². The van der Waals surface area contributed by atoms with E-state index in [2.05, 4.69) is 10.6 Å². The number of carbonyl (C=O) groups excluding carboxylic acids is 1. The maximum absolute atomic E-state index is 11.8. The normalized spacial score (nSPS) is 13.4. The van der Waals surface area contributed by atoms with Crippen molar-refractivity contribution in [2.24, 2.45) is 0 Å². The number of aliphatic hydroxyl groups excluding tert-OH is 1. The zero-order valence-electron chi connectivity index (χ0n) is 9.14. The maximum atomic E-state index is 11.8. The van der Waals surface area contributed by atoms with E-state index in [-0.39, 0.29) is 19.1 Å². The molecule has 3 N–H and O–H groups in total. The van der Waals surface area contributed by atoms with Crippen LogP contribution in [0.1, 0.15) is 0 Å². The van der Waals surface area contributed by atoms with Gasteiger partial charge in [0.2, 0.25) is 0 Å². The lowest BCUT2D eigenvalue weighted by molar-refractivity contribution is -0.201. The smallest absolute Gasteiger partial charge is 0.382 e. The monoisotopic (exact) mass is 243 g/mol. The van der Waals surface area contributed by atoms with Gasteiger partial charge in [-0.25, -0.2) is 4.79 Å². The van der Waals surface area contributed by atoms with Gasteiger partial charge in [0.1, 0.15) is 0 Å². The molecule has 0 aromatic rings. The van der Waals surface area contributed by atoms with Gasteiger partial charge in [0.25, 0.3) is 0 Å². The summed E-state index contributed by atoms with van der Waals surface area (Å²) in [6, 6.07) is -0.321. The van der Waals surface area contributed by atoms with E-state index >= 15 is 0 Å². The Bertz CT molecular complexity index is 221. The van der Waals surface area contributed by atoms with E-state index in [1.165, 1.54) is 4.90 Å². The molecule has 0 spiro atoms. The van der Waals surface area contributed by atoms with E-state index in [1.807, 2.05) is 0 Å². The van der Waals surface area contributed by atoms with Crippen molar-refractivity contribution in [2.45, 2.75) is 12.3 Å². The first-order chi connectivity index (χ1) is 7.25. The second kappa shape index (κ2) is 6.54. The Hall–Kier alpha value is -1.02. The van der Waals surface area contributed by atoms with Crippen LogP contribution in [0.25, 0.3) is 0 Å². The SMILES string of the molecule is CN(C)C(=O)NCCNCC(O)C(F)(F)F. The number of alkyl halides is 3. The molecule has 0 bridgehead atoms. The third-order valence-electron chi connectivity index (χ3n) is 1.70. The maximum Gasteiger partial charge on any atom is 0.415 e. The number of urea groups is 1. The van der Waals surface area contributed by atoms with Crippen LogP contribution in [0.4, 0.5) is 18.0 Å². The van der Waals surface area contributed by atoms with Gasteiger partial charge >= 0.3 is 12.2 Å². The van der Waals surface area contributed by atoms with Crippen LogP contribution >= 0.6 is 0 Å². The number of hydrogen-bond donors (Lipinski definition) is 3. The Balaban J connectivity index is 3.51. The molecule has 2 amide bonds. The summed E-state index contributed by atoms with van der Waals surface area (Å²) >= 11 is 0. The van der Waals surface area contributed by atoms with E-state index in [0.29, 0.717) is 0 Å². The lowest BCUT2D eigenvalue weighted by Crippen LogP contribution is -2.42. The van der Waals surface area contributed by atoms with Crippen molar-refractivity contribution in [1.29, 1.82) is 0 Å². The van der Waals surface area contributed by atoms with Gasteiger partial charge in [-0.15, -0.1) is 0 Å². The van der Waals surface area contributed by atoms with E-state index < -0.39 is 18.8 Å². The molecule has 5 nitrogen and oxygen atoms in total. The fourth-order valence-corrected chi connectivity index (χ4v) is 0.770. The molecule has 96 valence electrons. The zero-order chi connectivity index (χ0) is 12.8. The first kappa shape index (κ1) is 15.0. The van der Waals surface area contributed by atoms with Crippen LogP contribution in [0.3, 0.4) is 0 Å². The summed E-state index contributed by atoms with van der Waals surface area (Å²) in [7, 11) is 3.10. The van der Waals surface area contributed by atoms with Crippen LogP contribution in [0.2, 0.25) is 0 Å². The van der Waals surface area contributed by atoms with Gasteiger partial charge < -0.3 is 20.6 Å². The molecule has 0 aliphatic rings. The van der Waals surface area contributed by atoms with Crippen molar-refractivity contribution in [3.05, 3.63) is 0 Å². The minimum atomic E-state index is -4.61. The molecule has 0 heterocycles. The lowest BCUT2D eigenvalue weighted by Gasteiger charge is -2.15. The molecule has 0 rings (SSSR count). The minimum Gasteiger partial charge on any atom is -0.382 e. The van der Waals surface area contributed by atoms with Gasteiger partial charge in [-0.2, -0.15) is 13.2 Å². The molecular weight excluding hydrogens is 227 g/mol. The fraction of sp³-hybridized carbons (Fsp3) is 0.875. The van der Waals surface area contributed by atoms with Crippen molar-refractivity contribution >= 4 is 6.03 Å². The molecule has 0 aromatic carbocycles. The first-order valence-electron chi connectivity index (χ1n) is 4.65. The highest BCUT2D eigenvalue weighted by atomic mass is 19.4. The number of rotatable bonds is 5. The summed E-state index contributed by atoms with van der Waals surface area (Å²) in [6.45, 7) is -0.227. The van der Waals surface area contributed by atoms with E-state index in [4.69, 9.17) is 5.11 Å². The standard InChI is InChI=1S/C8H16F3N3O2/c1-14(2)7(16)13-4-3-12-5-6(15)8(9,10)11/h6,12,15H,3-5H2,1-2H3,(H,13,16). The quantitative estimate of drug-likeness (QED) is 0.584. The predicted molar refractivity (Wildman–Crippen MR) is 52.0 cm³/mol. The number of nitrogens with one attached hydrogen (secondary N) is 2. The van der Waals surface area contributed by atoms with Crippen LogP contribution in [0.5, 0.6) is 0 Å². The average Bonchev–Trinajstić information content (AvgIpc) is 2.14. The highest BCUT2D eigenvalue weighted by Crippen LogP contribution is 2.18. The summed E-state index contributed by atoms with van der Waals surface area (Å²) < 4.78 is 35.5. The average molecular weight is 243 g/mol. The molecule has 0 aliphatic heterocycles. The second-order valence-corrected chi connectivity index (χ2v) is 3.39. The number of nitrogens with zero attached hydrogens (tertiary/aromatic N) is 1. The summed E-state index contributed by atoms with van der Waals surface area (Å²) in [5, 5.41) is 13.4. The molecule has 1 atom stereocenters. The second-order valence-electron chi connectivity index (χ2n) is 3.39. The van der Waals surface area contributed by atoms with E-state index in [1.54, 1.807) is 14.1 Å². The molecule has 8 heteroatoms. The first-order valence-corrected chi connectivity index (χ1v) is 4.65. The summed E-state index contributed by atoms with van der Waals surface area (Å²) in [5.74, 6) is 0. The molecule has 0 radical (unpaired) electrons. The largest absolute Gasteiger partial charge is 0.415 e. The Morgan fingerprint density at radius 2 is 1.94 bits per heavy atom. The zero-order valence-corrected chi connectivity index (χ0v) is 9.14. The minimum absolute atomic E-state index is 0.159. The number of amides is 2. The van der Waals surface area contributed by atoms with Gasteiger partial charge in [0.05, 0.1) is 0 Å². The Morgan fingerprint density at radius 3 is 2.38 bits per heavy atom. The molecule has 16 heavy (non-hydrogen) atoms. The van der Waals surface area contributed by atoms with Gasteiger partial charge in [-0.3, -0.25) is 0 Å². The van der Waals surface area contributed by atoms with E-state index in [9.17, 15) is 18.0 Å². The van der Waals surface area contributed by atoms with Gasteiger partial charge in [0.15, 0.2) is 6.10 Å². The molecule has 0 fully saturated rings. The van der Waals surface area contributed by atoms with Crippen LogP contribution in [-0.2, 0) is 0 Å². The third kappa shape index (κ3) is 6.46. The van der Waals surface area contributed by atoms with Crippen molar-refractivity contribution in [3.63, 3.8) is 0 Å². The van der Waals surface area contributed by atoms with Gasteiger partial charge in [0, 0.05) is 33.7 Å². The van der Waals surface area contributed by atoms with Gasteiger partial charge in [-0.05, 0) is 0 Å². The van der Waals surface area contributed by atoms with Crippen LogP contribution in [0.15, 0.2) is 0 Å².